The fourth-order valence-electron chi connectivity index (χ4n) is 3.43. The highest BCUT2D eigenvalue weighted by atomic mass is 35.5. The van der Waals surface area contributed by atoms with Gasteiger partial charge in [-0.15, -0.1) is 5.10 Å². The largest absolute Gasteiger partial charge is 0.497 e. The van der Waals surface area contributed by atoms with E-state index in [1.54, 1.807) is 31.4 Å². The van der Waals surface area contributed by atoms with Crippen LogP contribution in [0.25, 0.3) is 11.0 Å². The molecule has 0 saturated heterocycles. The fraction of sp³-hybridized carbons (Fsp3) is 0.238. The molecule has 0 saturated carbocycles. The zero-order valence-corrected chi connectivity index (χ0v) is 15.7. The van der Waals surface area contributed by atoms with E-state index in [0.717, 1.165) is 42.4 Å². The summed E-state index contributed by atoms with van der Waals surface area (Å²) in [5, 5.41) is 5.94. The molecular formula is C21H19ClN2O3. The molecule has 5 nitrogen and oxygen atoms in total. The van der Waals surface area contributed by atoms with Crippen molar-refractivity contribution in [2.24, 2.45) is 5.10 Å². The summed E-state index contributed by atoms with van der Waals surface area (Å²) in [7, 11) is 1.62. The SMILES string of the molecule is COc1ccc2c3c(/c(=N\NC(=O)c4ccc(Cl)cc4)oc2c1)CCCC3. The Balaban J connectivity index is 1.76. The fourth-order valence-corrected chi connectivity index (χ4v) is 3.55. The lowest BCUT2D eigenvalue weighted by molar-refractivity contribution is 0.0951. The Bertz CT molecular complexity index is 1070. The molecule has 0 fully saturated rings. The van der Waals surface area contributed by atoms with Crippen molar-refractivity contribution in [2.75, 3.05) is 7.11 Å². The van der Waals surface area contributed by atoms with Crippen LogP contribution in [0.3, 0.4) is 0 Å². The molecule has 4 rings (SSSR count). The van der Waals surface area contributed by atoms with Crippen LogP contribution >= 0.6 is 11.6 Å². The number of nitrogens with one attached hydrogen (secondary N) is 1. The molecular weight excluding hydrogens is 364 g/mol. The zero-order valence-electron chi connectivity index (χ0n) is 14.9. The second-order valence-electron chi connectivity index (χ2n) is 6.49. The quantitative estimate of drug-likeness (QED) is 0.690. The summed E-state index contributed by atoms with van der Waals surface area (Å²) < 4.78 is 11.3. The third-order valence-electron chi connectivity index (χ3n) is 4.81. The molecule has 1 amide bonds. The van der Waals surface area contributed by atoms with Gasteiger partial charge in [-0.25, -0.2) is 5.43 Å². The van der Waals surface area contributed by atoms with Crippen LogP contribution in [0, 0.1) is 0 Å². The van der Waals surface area contributed by atoms with Gasteiger partial charge in [-0.1, -0.05) is 11.6 Å². The van der Waals surface area contributed by atoms with Gasteiger partial charge in [-0.2, -0.15) is 0 Å². The van der Waals surface area contributed by atoms with Crippen LogP contribution in [-0.4, -0.2) is 13.0 Å². The van der Waals surface area contributed by atoms with Crippen molar-refractivity contribution in [2.45, 2.75) is 25.7 Å². The monoisotopic (exact) mass is 382 g/mol. The van der Waals surface area contributed by atoms with Gasteiger partial charge in [-0.3, -0.25) is 4.79 Å². The number of carbonyl (C=O) groups is 1. The van der Waals surface area contributed by atoms with Gasteiger partial charge in [0, 0.05) is 27.6 Å². The minimum absolute atomic E-state index is 0.308. The molecule has 0 radical (unpaired) electrons. The molecule has 1 heterocycles. The molecule has 27 heavy (non-hydrogen) atoms. The lowest BCUT2D eigenvalue weighted by Crippen LogP contribution is -2.25. The van der Waals surface area contributed by atoms with E-state index in [-0.39, 0.29) is 5.91 Å². The van der Waals surface area contributed by atoms with Crippen LogP contribution < -0.4 is 15.7 Å². The van der Waals surface area contributed by atoms with E-state index in [1.165, 1.54) is 5.56 Å². The Labute approximate surface area is 161 Å². The number of halogens is 1. The predicted octanol–water partition coefficient (Wildman–Crippen LogP) is 4.22. The molecule has 6 heteroatoms. The van der Waals surface area contributed by atoms with Gasteiger partial charge in [-0.05, 0) is 67.6 Å². The molecule has 2 aromatic carbocycles. The van der Waals surface area contributed by atoms with Crippen LogP contribution in [0.1, 0.15) is 34.3 Å². The van der Waals surface area contributed by atoms with E-state index < -0.39 is 0 Å². The lowest BCUT2D eigenvalue weighted by atomic mass is 9.90. The average Bonchev–Trinajstić information content (AvgIpc) is 2.71. The first-order chi connectivity index (χ1) is 13.2. The Kier molecular flexibility index (Phi) is 4.86. The van der Waals surface area contributed by atoms with Crippen molar-refractivity contribution < 1.29 is 13.9 Å². The molecule has 0 atom stereocenters. The molecule has 1 aliphatic rings. The number of aryl methyl sites for hydroxylation is 1. The first-order valence-electron chi connectivity index (χ1n) is 8.88. The summed E-state index contributed by atoms with van der Waals surface area (Å²) in [5.74, 6) is 0.412. The normalized spacial score (nSPS) is 14.1. The van der Waals surface area contributed by atoms with Crippen molar-refractivity contribution in [3.05, 3.63) is 69.7 Å². The molecule has 138 valence electrons. The molecule has 0 bridgehead atoms. The van der Waals surface area contributed by atoms with Gasteiger partial charge >= 0.3 is 0 Å². The van der Waals surface area contributed by atoms with Crippen LogP contribution in [0.2, 0.25) is 5.02 Å². The topological polar surface area (TPSA) is 63.8 Å². The molecule has 3 aromatic rings. The summed E-state index contributed by atoms with van der Waals surface area (Å²) in [4.78, 5) is 12.4. The maximum Gasteiger partial charge on any atom is 0.271 e. The Morgan fingerprint density at radius 3 is 2.59 bits per heavy atom. The number of rotatable bonds is 3. The number of hydrogen-bond donors (Lipinski definition) is 1. The summed E-state index contributed by atoms with van der Waals surface area (Å²) in [6.45, 7) is 0. The third-order valence-corrected chi connectivity index (χ3v) is 5.06. The standard InChI is InChI=1S/C21H19ClN2O3/c1-26-15-10-11-17-16-4-2-3-5-18(16)21(27-19(17)12-15)24-23-20(25)13-6-8-14(22)9-7-13/h6-12H,2-5H2,1H3,(H,23,25)/b24-21+. The number of fused-ring (bicyclic) bond motifs is 3. The van der Waals surface area contributed by atoms with Crippen LogP contribution in [0.15, 0.2) is 52.0 Å². The molecule has 0 spiro atoms. The number of methoxy groups -OCH3 is 1. The van der Waals surface area contributed by atoms with E-state index in [4.69, 9.17) is 20.8 Å². The Hall–Kier alpha value is -2.79. The average molecular weight is 383 g/mol. The maximum absolute atomic E-state index is 12.4. The number of nitrogens with zero attached hydrogens (tertiary/aromatic N) is 1. The first-order valence-corrected chi connectivity index (χ1v) is 9.26. The zero-order chi connectivity index (χ0) is 18.8. The van der Waals surface area contributed by atoms with Crippen molar-refractivity contribution >= 4 is 28.5 Å². The summed E-state index contributed by atoms with van der Waals surface area (Å²) in [6, 6.07) is 12.5. The molecule has 1 aromatic heterocycles. The van der Waals surface area contributed by atoms with Crippen molar-refractivity contribution in [3.8, 4) is 5.75 Å². The number of carbonyl (C=O) groups excluding carboxylic acids is 1. The Morgan fingerprint density at radius 2 is 1.85 bits per heavy atom. The van der Waals surface area contributed by atoms with Gasteiger partial charge < -0.3 is 9.15 Å². The van der Waals surface area contributed by atoms with Gasteiger partial charge in [0.2, 0.25) is 5.55 Å². The molecule has 0 aliphatic heterocycles. The lowest BCUT2D eigenvalue weighted by Gasteiger charge is -2.17. The second kappa shape index (κ2) is 7.45. The molecule has 1 aliphatic carbocycles. The summed E-state index contributed by atoms with van der Waals surface area (Å²) in [6.07, 6.45) is 4.07. The number of ether oxygens (including phenoxy) is 1. The molecule has 0 unspecified atom stereocenters. The van der Waals surface area contributed by atoms with Crippen LogP contribution in [-0.2, 0) is 12.8 Å². The minimum atomic E-state index is -0.308. The van der Waals surface area contributed by atoms with Gasteiger partial charge in [0.1, 0.15) is 11.3 Å². The summed E-state index contributed by atoms with van der Waals surface area (Å²) in [5.41, 5.74) is 6.54. The van der Waals surface area contributed by atoms with Crippen molar-refractivity contribution in [1.29, 1.82) is 0 Å². The van der Waals surface area contributed by atoms with Gasteiger partial charge in [0.25, 0.3) is 5.91 Å². The minimum Gasteiger partial charge on any atom is -0.497 e. The van der Waals surface area contributed by atoms with E-state index in [1.807, 2.05) is 18.2 Å². The maximum atomic E-state index is 12.4. The highest BCUT2D eigenvalue weighted by Crippen LogP contribution is 2.29. The van der Waals surface area contributed by atoms with E-state index in [2.05, 4.69) is 10.5 Å². The highest BCUT2D eigenvalue weighted by molar-refractivity contribution is 6.30. The number of amides is 1. The van der Waals surface area contributed by atoms with E-state index >= 15 is 0 Å². The summed E-state index contributed by atoms with van der Waals surface area (Å²) >= 11 is 5.87. The van der Waals surface area contributed by atoms with Crippen LogP contribution in [0.5, 0.6) is 5.75 Å². The second-order valence-corrected chi connectivity index (χ2v) is 6.93. The van der Waals surface area contributed by atoms with Gasteiger partial charge in [0.15, 0.2) is 0 Å². The van der Waals surface area contributed by atoms with Crippen molar-refractivity contribution in [1.82, 2.24) is 5.43 Å². The molecule has 1 N–H and O–H groups in total. The van der Waals surface area contributed by atoms with Gasteiger partial charge in [0.05, 0.1) is 7.11 Å². The number of benzene rings is 2. The highest BCUT2D eigenvalue weighted by Gasteiger charge is 2.17. The van der Waals surface area contributed by atoms with Crippen molar-refractivity contribution in [3.63, 3.8) is 0 Å². The Morgan fingerprint density at radius 1 is 1.11 bits per heavy atom. The van der Waals surface area contributed by atoms with Crippen LogP contribution in [0.4, 0.5) is 0 Å². The smallest absolute Gasteiger partial charge is 0.271 e. The predicted molar refractivity (Wildman–Crippen MR) is 104 cm³/mol. The third kappa shape index (κ3) is 3.55. The first kappa shape index (κ1) is 17.6. The van der Waals surface area contributed by atoms with E-state index in [0.29, 0.717) is 21.7 Å². The van der Waals surface area contributed by atoms with E-state index in [9.17, 15) is 4.79 Å². The number of hydrogen-bond acceptors (Lipinski definition) is 4.